The number of carbonyl (C=O) groups excluding carboxylic acids is 1. The van der Waals surface area contributed by atoms with Crippen LogP contribution in [0.15, 0.2) is 54.9 Å². The largest absolute Gasteiger partial charge is 0.307 e. The van der Waals surface area contributed by atoms with Crippen molar-refractivity contribution in [2.24, 2.45) is 0 Å². The summed E-state index contributed by atoms with van der Waals surface area (Å²) in [6.45, 7) is 3.31. The first-order valence-electron chi connectivity index (χ1n) is 8.29. The summed E-state index contributed by atoms with van der Waals surface area (Å²) < 4.78 is 1.75. The number of anilines is 1. The molecule has 0 spiro atoms. The third-order valence-corrected chi connectivity index (χ3v) is 4.98. The number of benzene rings is 2. The van der Waals surface area contributed by atoms with Crippen LogP contribution in [0.4, 0.5) is 5.69 Å². The van der Waals surface area contributed by atoms with Gasteiger partial charge in [0.15, 0.2) is 0 Å². The van der Waals surface area contributed by atoms with Gasteiger partial charge in [0.1, 0.15) is 0 Å². The van der Waals surface area contributed by atoms with Gasteiger partial charge >= 0.3 is 0 Å². The normalized spacial score (nSPS) is 13.1. The fourth-order valence-electron chi connectivity index (χ4n) is 3.37. The van der Waals surface area contributed by atoms with Gasteiger partial charge in [-0.1, -0.05) is 48.0 Å². The van der Waals surface area contributed by atoms with Gasteiger partial charge in [-0.05, 0) is 36.1 Å². The van der Waals surface area contributed by atoms with Crippen LogP contribution < -0.4 is 4.90 Å². The van der Waals surface area contributed by atoms with E-state index in [4.69, 9.17) is 11.6 Å². The minimum atomic E-state index is -0.00143. The molecule has 1 aromatic heterocycles. The molecule has 0 bridgehead atoms. The van der Waals surface area contributed by atoms with E-state index < -0.39 is 0 Å². The number of para-hydroxylation sites is 1. The number of carbonyl (C=O) groups is 1. The number of amides is 1. The molecule has 0 unspecified atom stereocenters. The number of halogens is 1. The lowest BCUT2D eigenvalue weighted by atomic mass is 10.1. The maximum absolute atomic E-state index is 12.9. The minimum Gasteiger partial charge on any atom is -0.307 e. The van der Waals surface area contributed by atoms with Gasteiger partial charge in [0, 0.05) is 17.8 Å². The Labute approximate surface area is 151 Å². The van der Waals surface area contributed by atoms with E-state index in [0.717, 1.165) is 23.2 Å². The highest BCUT2D eigenvalue weighted by Crippen LogP contribution is 2.32. The van der Waals surface area contributed by atoms with Crippen molar-refractivity contribution in [3.05, 3.63) is 82.1 Å². The minimum absolute atomic E-state index is 0.00143. The molecule has 1 aliphatic heterocycles. The van der Waals surface area contributed by atoms with Crippen molar-refractivity contribution in [3.63, 3.8) is 0 Å². The quantitative estimate of drug-likeness (QED) is 0.712. The Morgan fingerprint density at radius 2 is 2.04 bits per heavy atom. The van der Waals surface area contributed by atoms with Crippen LogP contribution >= 0.6 is 11.6 Å². The average molecular weight is 352 g/mol. The first-order valence-corrected chi connectivity index (χ1v) is 8.67. The summed E-state index contributed by atoms with van der Waals surface area (Å²) >= 11 is 6.20. The molecular formula is C20H18ClN3O. The summed E-state index contributed by atoms with van der Waals surface area (Å²) in [6, 6.07) is 13.9. The van der Waals surface area contributed by atoms with Crippen LogP contribution in [0.2, 0.25) is 5.02 Å². The molecule has 0 saturated carbocycles. The highest BCUT2D eigenvalue weighted by atomic mass is 35.5. The molecule has 0 N–H and O–H groups in total. The summed E-state index contributed by atoms with van der Waals surface area (Å²) in [5.41, 5.74) is 4.99. The number of hydrogen-bond donors (Lipinski definition) is 0. The van der Waals surface area contributed by atoms with E-state index in [1.165, 1.54) is 5.56 Å². The first-order chi connectivity index (χ1) is 12.1. The fraction of sp³-hybridized carbons (Fsp3) is 0.200. The van der Waals surface area contributed by atoms with E-state index >= 15 is 0 Å². The van der Waals surface area contributed by atoms with Crippen molar-refractivity contribution in [1.29, 1.82) is 0 Å². The molecule has 25 heavy (non-hydrogen) atoms. The van der Waals surface area contributed by atoms with Crippen molar-refractivity contribution in [3.8, 4) is 0 Å². The molecule has 3 aromatic rings. The third-order valence-electron chi connectivity index (χ3n) is 4.61. The van der Waals surface area contributed by atoms with Gasteiger partial charge in [0.05, 0.1) is 24.0 Å². The molecule has 4 nitrogen and oxygen atoms in total. The van der Waals surface area contributed by atoms with E-state index in [2.05, 4.69) is 11.2 Å². The summed E-state index contributed by atoms with van der Waals surface area (Å²) in [4.78, 5) is 14.8. The van der Waals surface area contributed by atoms with Crippen LogP contribution in [0.25, 0.3) is 0 Å². The Morgan fingerprint density at radius 1 is 1.20 bits per heavy atom. The van der Waals surface area contributed by atoms with Gasteiger partial charge in [0.2, 0.25) is 0 Å². The van der Waals surface area contributed by atoms with Crippen molar-refractivity contribution in [2.45, 2.75) is 19.9 Å². The maximum atomic E-state index is 12.9. The predicted molar refractivity (Wildman–Crippen MR) is 99.3 cm³/mol. The van der Waals surface area contributed by atoms with Crippen LogP contribution in [-0.4, -0.2) is 22.2 Å². The summed E-state index contributed by atoms with van der Waals surface area (Å²) in [6.07, 6.45) is 4.33. The number of aromatic nitrogens is 2. The molecule has 5 heteroatoms. The van der Waals surface area contributed by atoms with E-state index in [9.17, 15) is 4.79 Å². The number of aryl methyl sites for hydroxylation is 1. The number of rotatable bonds is 3. The van der Waals surface area contributed by atoms with E-state index in [0.29, 0.717) is 23.7 Å². The topological polar surface area (TPSA) is 38.1 Å². The Balaban J connectivity index is 1.57. The molecule has 0 saturated heterocycles. The third kappa shape index (κ3) is 2.94. The molecule has 126 valence electrons. The van der Waals surface area contributed by atoms with Gasteiger partial charge in [-0.25, -0.2) is 0 Å². The molecular weight excluding hydrogens is 334 g/mol. The summed E-state index contributed by atoms with van der Waals surface area (Å²) in [5, 5.41) is 5.04. The number of hydrogen-bond acceptors (Lipinski definition) is 2. The van der Waals surface area contributed by atoms with Crippen LogP contribution in [0.5, 0.6) is 0 Å². The molecule has 1 amide bonds. The standard InChI is InChI=1S/C20H18ClN3O/c1-14-5-4-7-15-9-10-24(19(14)15)20(25)17-11-22-23(13-17)12-16-6-2-3-8-18(16)21/h2-8,11,13H,9-10,12H2,1H3. The van der Waals surface area contributed by atoms with Crippen molar-refractivity contribution < 1.29 is 4.79 Å². The van der Waals surface area contributed by atoms with Crippen molar-refractivity contribution in [2.75, 3.05) is 11.4 Å². The molecule has 2 heterocycles. The Kier molecular flexibility index (Phi) is 4.06. The Hall–Kier alpha value is -2.59. The molecule has 4 rings (SSSR count). The molecule has 0 fully saturated rings. The Bertz CT molecular complexity index is 948. The first kappa shape index (κ1) is 15.9. The van der Waals surface area contributed by atoms with Crippen LogP contribution in [0, 0.1) is 6.92 Å². The zero-order valence-electron chi connectivity index (χ0n) is 13.9. The van der Waals surface area contributed by atoms with Crippen molar-refractivity contribution in [1.82, 2.24) is 9.78 Å². The lowest BCUT2D eigenvalue weighted by Gasteiger charge is -2.18. The second-order valence-corrected chi connectivity index (χ2v) is 6.71. The lowest BCUT2D eigenvalue weighted by molar-refractivity contribution is 0.0989. The van der Waals surface area contributed by atoms with E-state index in [1.807, 2.05) is 48.2 Å². The number of nitrogens with zero attached hydrogens (tertiary/aromatic N) is 3. The average Bonchev–Trinajstić information content (AvgIpc) is 3.24. The van der Waals surface area contributed by atoms with E-state index in [-0.39, 0.29) is 5.91 Å². The SMILES string of the molecule is Cc1cccc2c1N(C(=O)c1cnn(Cc3ccccc3Cl)c1)CC2. The van der Waals surface area contributed by atoms with E-state index in [1.54, 1.807) is 17.1 Å². The predicted octanol–water partition coefficient (Wildman–Crippen LogP) is 4.10. The number of fused-ring (bicyclic) bond motifs is 1. The fourth-order valence-corrected chi connectivity index (χ4v) is 3.57. The van der Waals surface area contributed by atoms with Crippen LogP contribution in [-0.2, 0) is 13.0 Å². The highest BCUT2D eigenvalue weighted by molar-refractivity contribution is 6.31. The zero-order valence-corrected chi connectivity index (χ0v) is 14.7. The molecule has 1 aliphatic rings. The smallest absolute Gasteiger partial charge is 0.261 e. The van der Waals surface area contributed by atoms with Gasteiger partial charge < -0.3 is 4.90 Å². The summed E-state index contributed by atoms with van der Waals surface area (Å²) in [5.74, 6) is -0.00143. The zero-order chi connectivity index (χ0) is 17.4. The Morgan fingerprint density at radius 3 is 2.88 bits per heavy atom. The lowest BCUT2D eigenvalue weighted by Crippen LogP contribution is -2.29. The van der Waals surface area contributed by atoms with Gasteiger partial charge in [-0.3, -0.25) is 9.48 Å². The molecule has 0 aliphatic carbocycles. The highest BCUT2D eigenvalue weighted by Gasteiger charge is 2.27. The summed E-state index contributed by atoms with van der Waals surface area (Å²) in [7, 11) is 0. The molecule has 2 aromatic carbocycles. The van der Waals surface area contributed by atoms with Crippen molar-refractivity contribution >= 4 is 23.2 Å². The molecule has 0 atom stereocenters. The maximum Gasteiger partial charge on any atom is 0.261 e. The molecule has 0 radical (unpaired) electrons. The van der Waals surface area contributed by atoms with Crippen LogP contribution in [0.1, 0.15) is 27.0 Å². The van der Waals surface area contributed by atoms with Gasteiger partial charge in [-0.15, -0.1) is 0 Å². The van der Waals surface area contributed by atoms with Crippen LogP contribution in [0.3, 0.4) is 0 Å². The van der Waals surface area contributed by atoms with Gasteiger partial charge in [0.25, 0.3) is 5.91 Å². The van der Waals surface area contributed by atoms with Gasteiger partial charge in [-0.2, -0.15) is 5.10 Å². The second kappa shape index (κ2) is 6.37. The monoisotopic (exact) mass is 351 g/mol. The second-order valence-electron chi connectivity index (χ2n) is 6.31.